The van der Waals surface area contributed by atoms with Crippen molar-refractivity contribution in [2.24, 2.45) is 0 Å². The Kier molecular flexibility index (Phi) is 5.84. The molecule has 1 aromatic heterocycles. The van der Waals surface area contributed by atoms with Crippen LogP contribution in [0.5, 0.6) is 0 Å². The van der Waals surface area contributed by atoms with Crippen LogP contribution in [0.3, 0.4) is 0 Å². The third-order valence-electron chi connectivity index (χ3n) is 2.83. The summed E-state index contributed by atoms with van der Waals surface area (Å²) in [5.74, 6) is 0. The molecular formula is C12H20BrClN2. The quantitative estimate of drug-likeness (QED) is 0.714. The van der Waals surface area contributed by atoms with Crippen molar-refractivity contribution >= 4 is 27.5 Å². The predicted molar refractivity (Wildman–Crippen MR) is 73.6 cm³/mol. The highest BCUT2D eigenvalue weighted by atomic mass is 79.9. The van der Waals surface area contributed by atoms with E-state index >= 15 is 0 Å². The number of rotatable bonds is 6. The van der Waals surface area contributed by atoms with Gasteiger partial charge >= 0.3 is 0 Å². The van der Waals surface area contributed by atoms with Gasteiger partial charge in [-0.2, -0.15) is 5.10 Å². The molecule has 0 aromatic carbocycles. The van der Waals surface area contributed by atoms with Gasteiger partial charge in [0.15, 0.2) is 0 Å². The second-order valence-electron chi connectivity index (χ2n) is 4.06. The first kappa shape index (κ1) is 14.0. The molecule has 1 atom stereocenters. The number of halogens is 2. The van der Waals surface area contributed by atoms with Gasteiger partial charge in [0.05, 0.1) is 16.4 Å². The van der Waals surface area contributed by atoms with E-state index in [9.17, 15) is 0 Å². The lowest BCUT2D eigenvalue weighted by molar-refractivity contribution is 0.593. The average molecular weight is 308 g/mol. The van der Waals surface area contributed by atoms with Crippen molar-refractivity contribution in [2.45, 2.75) is 57.8 Å². The lowest BCUT2D eigenvalue weighted by Gasteiger charge is -2.08. The molecule has 0 bridgehead atoms. The molecule has 0 fully saturated rings. The van der Waals surface area contributed by atoms with E-state index in [-0.39, 0.29) is 0 Å². The Labute approximate surface area is 111 Å². The monoisotopic (exact) mass is 306 g/mol. The van der Waals surface area contributed by atoms with Gasteiger partial charge in [-0.05, 0) is 39.5 Å². The lowest BCUT2D eigenvalue weighted by atomic mass is 10.1. The summed E-state index contributed by atoms with van der Waals surface area (Å²) < 4.78 is 2.02. The lowest BCUT2D eigenvalue weighted by Crippen LogP contribution is -2.04. The van der Waals surface area contributed by atoms with Gasteiger partial charge in [0, 0.05) is 11.4 Å². The molecule has 0 radical (unpaired) electrons. The molecule has 1 unspecified atom stereocenters. The van der Waals surface area contributed by atoms with Gasteiger partial charge < -0.3 is 0 Å². The van der Waals surface area contributed by atoms with Crippen molar-refractivity contribution in [2.75, 3.05) is 0 Å². The van der Waals surface area contributed by atoms with Crippen molar-refractivity contribution in [3.8, 4) is 0 Å². The fourth-order valence-corrected chi connectivity index (χ4v) is 2.36. The van der Waals surface area contributed by atoms with Crippen LogP contribution >= 0.6 is 27.5 Å². The number of nitrogens with zero attached hydrogens (tertiary/aromatic N) is 2. The fraction of sp³-hybridized carbons (Fsp3) is 0.750. The second-order valence-corrected chi connectivity index (χ2v) is 5.73. The Morgan fingerprint density at radius 3 is 2.69 bits per heavy atom. The predicted octanol–water partition coefficient (Wildman–Crippen LogP) is 4.36. The number of aromatic nitrogens is 2. The summed E-state index contributed by atoms with van der Waals surface area (Å²) in [7, 11) is 0. The Balaban J connectivity index is 2.59. The summed E-state index contributed by atoms with van der Waals surface area (Å²) in [6.07, 6.45) is 4.56. The molecule has 0 aliphatic rings. The molecule has 0 aliphatic carbocycles. The summed E-state index contributed by atoms with van der Waals surface area (Å²) in [6, 6.07) is 0. The summed E-state index contributed by atoms with van der Waals surface area (Å²) in [4.78, 5) is 0.630. The molecule has 92 valence electrons. The third-order valence-corrected chi connectivity index (χ3v) is 4.42. The van der Waals surface area contributed by atoms with Gasteiger partial charge in [-0.1, -0.05) is 34.5 Å². The number of alkyl halides is 1. The van der Waals surface area contributed by atoms with Crippen LogP contribution < -0.4 is 0 Å². The van der Waals surface area contributed by atoms with Crippen LogP contribution in [0.4, 0.5) is 0 Å². The van der Waals surface area contributed by atoms with E-state index in [0.29, 0.717) is 4.83 Å². The summed E-state index contributed by atoms with van der Waals surface area (Å²) in [5.41, 5.74) is 2.14. The zero-order chi connectivity index (χ0) is 12.1. The molecule has 4 heteroatoms. The minimum absolute atomic E-state index is 0.630. The maximum absolute atomic E-state index is 6.25. The van der Waals surface area contributed by atoms with E-state index in [4.69, 9.17) is 11.6 Å². The highest BCUT2D eigenvalue weighted by Crippen LogP contribution is 2.23. The summed E-state index contributed by atoms with van der Waals surface area (Å²) in [6.45, 7) is 7.17. The van der Waals surface area contributed by atoms with Crippen molar-refractivity contribution in [1.82, 2.24) is 9.78 Å². The molecule has 0 spiro atoms. The molecule has 1 aromatic rings. The van der Waals surface area contributed by atoms with Crippen LogP contribution in [0.15, 0.2) is 0 Å². The molecule has 1 heterocycles. The largest absolute Gasteiger partial charge is 0.268 e. The molecule has 2 nitrogen and oxygen atoms in total. The molecule has 0 saturated carbocycles. The molecule has 0 amide bonds. The Hall–Kier alpha value is -0.0200. The highest BCUT2D eigenvalue weighted by Gasteiger charge is 2.12. The Bertz CT molecular complexity index is 336. The van der Waals surface area contributed by atoms with E-state index < -0.39 is 0 Å². The number of aryl methyl sites for hydroxylation is 2. The van der Waals surface area contributed by atoms with E-state index in [2.05, 4.69) is 34.9 Å². The van der Waals surface area contributed by atoms with Crippen LogP contribution in [0, 0.1) is 6.92 Å². The maximum Gasteiger partial charge on any atom is 0.0847 e. The number of hydrogen-bond donors (Lipinski definition) is 0. The first-order chi connectivity index (χ1) is 7.60. The highest BCUT2D eigenvalue weighted by molar-refractivity contribution is 9.09. The van der Waals surface area contributed by atoms with Crippen LogP contribution in [0.25, 0.3) is 0 Å². The van der Waals surface area contributed by atoms with Gasteiger partial charge in [0.1, 0.15) is 0 Å². The Morgan fingerprint density at radius 2 is 2.12 bits per heavy atom. The van der Waals surface area contributed by atoms with Gasteiger partial charge in [0.25, 0.3) is 0 Å². The summed E-state index contributed by atoms with van der Waals surface area (Å²) >= 11 is 9.90. The van der Waals surface area contributed by atoms with Gasteiger partial charge in [0.2, 0.25) is 0 Å². The minimum atomic E-state index is 0.630. The van der Waals surface area contributed by atoms with Gasteiger partial charge in [-0.15, -0.1) is 0 Å². The van der Waals surface area contributed by atoms with Crippen LogP contribution in [-0.4, -0.2) is 14.6 Å². The second kappa shape index (κ2) is 6.65. The van der Waals surface area contributed by atoms with Crippen LogP contribution in [0.2, 0.25) is 5.02 Å². The van der Waals surface area contributed by atoms with Crippen molar-refractivity contribution in [3.63, 3.8) is 0 Å². The number of hydrogen-bond acceptors (Lipinski definition) is 1. The zero-order valence-corrected chi connectivity index (χ0v) is 12.6. The SMILES string of the molecule is CCC(Br)CCCc1c(Cl)c(C)nn1CC. The molecule has 0 N–H and O–H groups in total. The first-order valence-corrected chi connectivity index (χ1v) is 7.25. The zero-order valence-electron chi connectivity index (χ0n) is 10.3. The minimum Gasteiger partial charge on any atom is -0.268 e. The maximum atomic E-state index is 6.25. The van der Waals surface area contributed by atoms with Crippen LogP contribution in [-0.2, 0) is 13.0 Å². The van der Waals surface area contributed by atoms with E-state index in [1.165, 1.54) is 18.5 Å². The van der Waals surface area contributed by atoms with E-state index in [1.807, 2.05) is 11.6 Å². The summed E-state index contributed by atoms with van der Waals surface area (Å²) in [5, 5.41) is 5.27. The molecular weight excluding hydrogens is 288 g/mol. The molecule has 1 rings (SSSR count). The fourth-order valence-electron chi connectivity index (χ4n) is 1.80. The van der Waals surface area contributed by atoms with Crippen molar-refractivity contribution < 1.29 is 0 Å². The standard InChI is InChI=1S/C12H20BrClN2/c1-4-10(13)7-6-8-11-12(14)9(3)15-16(11)5-2/h10H,4-8H2,1-3H3. The molecule has 0 saturated heterocycles. The van der Waals surface area contributed by atoms with E-state index in [0.717, 1.165) is 30.1 Å². The van der Waals surface area contributed by atoms with Crippen molar-refractivity contribution in [3.05, 3.63) is 16.4 Å². The van der Waals surface area contributed by atoms with Crippen molar-refractivity contribution in [1.29, 1.82) is 0 Å². The first-order valence-electron chi connectivity index (χ1n) is 5.95. The molecule has 0 aliphatic heterocycles. The van der Waals surface area contributed by atoms with Gasteiger partial charge in [-0.3, -0.25) is 4.68 Å². The topological polar surface area (TPSA) is 17.8 Å². The average Bonchev–Trinajstić information content (AvgIpc) is 2.56. The van der Waals surface area contributed by atoms with Crippen LogP contribution in [0.1, 0.15) is 44.5 Å². The third kappa shape index (κ3) is 3.49. The van der Waals surface area contributed by atoms with E-state index in [1.54, 1.807) is 0 Å². The van der Waals surface area contributed by atoms with Gasteiger partial charge in [-0.25, -0.2) is 0 Å². The smallest absolute Gasteiger partial charge is 0.0847 e. The molecule has 16 heavy (non-hydrogen) atoms. The Morgan fingerprint density at radius 1 is 1.44 bits per heavy atom. The normalized spacial score (nSPS) is 13.1.